The standard InChI is InChI=1S/C11H23NO/c1-4-10-6-5-7-11(3,8-10)12-9(2)13/h9-10,12-13H,4-8H2,1-3H3. The second-order valence-electron chi connectivity index (χ2n) is 4.75. The van der Waals surface area contributed by atoms with E-state index >= 15 is 0 Å². The van der Waals surface area contributed by atoms with E-state index in [2.05, 4.69) is 19.2 Å². The van der Waals surface area contributed by atoms with Gasteiger partial charge in [0.2, 0.25) is 0 Å². The molecule has 0 aromatic rings. The normalized spacial score (nSPS) is 37.4. The van der Waals surface area contributed by atoms with Gasteiger partial charge < -0.3 is 5.11 Å². The first-order chi connectivity index (χ1) is 6.06. The number of nitrogens with one attached hydrogen (secondary N) is 1. The van der Waals surface area contributed by atoms with Crippen LogP contribution in [0.1, 0.15) is 52.9 Å². The first kappa shape index (κ1) is 11.0. The molecule has 3 unspecified atom stereocenters. The van der Waals surface area contributed by atoms with E-state index < -0.39 is 0 Å². The molecule has 0 aromatic heterocycles. The molecule has 0 aliphatic heterocycles. The number of rotatable bonds is 3. The minimum absolute atomic E-state index is 0.174. The lowest BCUT2D eigenvalue weighted by Gasteiger charge is -2.39. The maximum Gasteiger partial charge on any atom is 0.102 e. The van der Waals surface area contributed by atoms with Crippen molar-refractivity contribution in [2.24, 2.45) is 5.92 Å². The van der Waals surface area contributed by atoms with Gasteiger partial charge in [-0.05, 0) is 32.6 Å². The van der Waals surface area contributed by atoms with E-state index in [4.69, 9.17) is 0 Å². The third kappa shape index (κ3) is 3.28. The van der Waals surface area contributed by atoms with Crippen LogP contribution in [-0.4, -0.2) is 16.9 Å². The molecule has 13 heavy (non-hydrogen) atoms. The molecule has 2 heteroatoms. The van der Waals surface area contributed by atoms with E-state index in [1.54, 1.807) is 6.92 Å². The zero-order valence-electron chi connectivity index (χ0n) is 9.14. The molecule has 0 heterocycles. The van der Waals surface area contributed by atoms with Crippen molar-refractivity contribution in [1.29, 1.82) is 0 Å². The fourth-order valence-corrected chi connectivity index (χ4v) is 2.61. The molecule has 1 aliphatic carbocycles. The Hall–Kier alpha value is -0.0800. The van der Waals surface area contributed by atoms with Gasteiger partial charge in [0, 0.05) is 5.54 Å². The monoisotopic (exact) mass is 185 g/mol. The average molecular weight is 185 g/mol. The lowest BCUT2D eigenvalue weighted by molar-refractivity contribution is 0.0799. The topological polar surface area (TPSA) is 32.3 Å². The number of aliphatic hydroxyl groups is 1. The van der Waals surface area contributed by atoms with Crippen LogP contribution < -0.4 is 5.32 Å². The summed E-state index contributed by atoms with van der Waals surface area (Å²) in [6.07, 6.45) is 5.99. The molecule has 0 saturated heterocycles. The number of aliphatic hydroxyl groups excluding tert-OH is 1. The van der Waals surface area contributed by atoms with Crippen molar-refractivity contribution in [3.05, 3.63) is 0 Å². The lowest BCUT2D eigenvalue weighted by Crippen LogP contribution is -2.49. The average Bonchev–Trinajstić information content (AvgIpc) is 2.02. The van der Waals surface area contributed by atoms with Gasteiger partial charge in [0.25, 0.3) is 0 Å². The van der Waals surface area contributed by atoms with Crippen molar-refractivity contribution in [2.75, 3.05) is 0 Å². The highest BCUT2D eigenvalue weighted by atomic mass is 16.3. The molecule has 0 amide bonds. The van der Waals surface area contributed by atoms with E-state index in [0.717, 1.165) is 5.92 Å². The molecule has 0 bridgehead atoms. The van der Waals surface area contributed by atoms with Gasteiger partial charge >= 0.3 is 0 Å². The highest BCUT2D eigenvalue weighted by Gasteiger charge is 2.31. The van der Waals surface area contributed by atoms with E-state index in [0.29, 0.717) is 0 Å². The van der Waals surface area contributed by atoms with Crippen LogP contribution in [0.2, 0.25) is 0 Å². The van der Waals surface area contributed by atoms with Crippen LogP contribution in [0.15, 0.2) is 0 Å². The second-order valence-corrected chi connectivity index (χ2v) is 4.75. The first-order valence-corrected chi connectivity index (χ1v) is 5.51. The molecule has 0 spiro atoms. The van der Waals surface area contributed by atoms with E-state index in [1.165, 1.54) is 32.1 Å². The molecule has 2 N–H and O–H groups in total. The van der Waals surface area contributed by atoms with Crippen LogP contribution in [0.3, 0.4) is 0 Å². The molecule has 1 fully saturated rings. The summed E-state index contributed by atoms with van der Waals surface area (Å²) < 4.78 is 0. The Morgan fingerprint density at radius 2 is 2.31 bits per heavy atom. The van der Waals surface area contributed by atoms with Gasteiger partial charge in [-0.15, -0.1) is 0 Å². The Balaban J connectivity index is 2.47. The largest absolute Gasteiger partial charge is 0.379 e. The van der Waals surface area contributed by atoms with Gasteiger partial charge in [0.1, 0.15) is 6.23 Å². The predicted molar refractivity (Wildman–Crippen MR) is 55.5 cm³/mol. The zero-order chi connectivity index (χ0) is 9.90. The molecule has 1 rings (SSSR count). The van der Waals surface area contributed by atoms with Gasteiger partial charge in [-0.3, -0.25) is 5.32 Å². The van der Waals surface area contributed by atoms with Gasteiger partial charge in [-0.25, -0.2) is 0 Å². The van der Waals surface area contributed by atoms with Crippen molar-refractivity contribution >= 4 is 0 Å². The van der Waals surface area contributed by atoms with Gasteiger partial charge in [0.05, 0.1) is 0 Å². The summed E-state index contributed by atoms with van der Waals surface area (Å²) in [5, 5.41) is 12.6. The van der Waals surface area contributed by atoms with Crippen LogP contribution in [0, 0.1) is 5.92 Å². The molecule has 1 aliphatic rings. The van der Waals surface area contributed by atoms with Crippen LogP contribution >= 0.6 is 0 Å². The molecule has 78 valence electrons. The third-order valence-corrected chi connectivity index (χ3v) is 3.21. The molecule has 0 aromatic carbocycles. The highest BCUT2D eigenvalue weighted by Crippen LogP contribution is 2.33. The van der Waals surface area contributed by atoms with Crippen LogP contribution in [0.4, 0.5) is 0 Å². The van der Waals surface area contributed by atoms with Gasteiger partial charge in [-0.1, -0.05) is 26.2 Å². The molecule has 3 atom stereocenters. The van der Waals surface area contributed by atoms with Crippen molar-refractivity contribution in [1.82, 2.24) is 5.32 Å². The Kier molecular flexibility index (Phi) is 3.74. The van der Waals surface area contributed by atoms with Crippen LogP contribution in [0.5, 0.6) is 0 Å². The van der Waals surface area contributed by atoms with E-state index in [-0.39, 0.29) is 11.8 Å². The molecule has 1 saturated carbocycles. The van der Waals surface area contributed by atoms with Gasteiger partial charge in [-0.2, -0.15) is 0 Å². The summed E-state index contributed by atoms with van der Waals surface area (Å²) in [5.74, 6) is 0.852. The summed E-state index contributed by atoms with van der Waals surface area (Å²) in [5.41, 5.74) is 0.174. The summed E-state index contributed by atoms with van der Waals surface area (Å²) in [4.78, 5) is 0. The Labute approximate surface area is 81.7 Å². The SMILES string of the molecule is CCC1CCCC(C)(NC(C)O)C1. The minimum Gasteiger partial charge on any atom is -0.379 e. The molecule has 2 nitrogen and oxygen atoms in total. The van der Waals surface area contributed by atoms with E-state index in [1.807, 2.05) is 0 Å². The zero-order valence-corrected chi connectivity index (χ0v) is 9.14. The smallest absolute Gasteiger partial charge is 0.102 e. The fraction of sp³-hybridized carbons (Fsp3) is 1.00. The second kappa shape index (κ2) is 4.43. The Morgan fingerprint density at radius 3 is 2.85 bits per heavy atom. The van der Waals surface area contributed by atoms with Gasteiger partial charge in [0.15, 0.2) is 0 Å². The first-order valence-electron chi connectivity index (χ1n) is 5.51. The quantitative estimate of drug-likeness (QED) is 0.661. The maximum atomic E-state index is 9.32. The minimum atomic E-state index is -0.374. The van der Waals surface area contributed by atoms with E-state index in [9.17, 15) is 5.11 Å². The lowest BCUT2D eigenvalue weighted by atomic mass is 9.76. The fourth-order valence-electron chi connectivity index (χ4n) is 2.61. The molecular weight excluding hydrogens is 162 g/mol. The van der Waals surface area contributed by atoms with Crippen molar-refractivity contribution in [3.63, 3.8) is 0 Å². The van der Waals surface area contributed by atoms with Crippen LogP contribution in [-0.2, 0) is 0 Å². The Morgan fingerprint density at radius 1 is 1.62 bits per heavy atom. The summed E-state index contributed by atoms with van der Waals surface area (Å²) in [6, 6.07) is 0. The van der Waals surface area contributed by atoms with Crippen molar-refractivity contribution < 1.29 is 5.11 Å². The van der Waals surface area contributed by atoms with Crippen LogP contribution in [0.25, 0.3) is 0 Å². The molecule has 0 radical (unpaired) electrons. The highest BCUT2D eigenvalue weighted by molar-refractivity contribution is 4.89. The Bertz CT molecular complexity index is 158. The summed E-state index contributed by atoms with van der Waals surface area (Å²) in [6.45, 7) is 6.31. The molecular formula is C11H23NO. The van der Waals surface area contributed by atoms with Crippen molar-refractivity contribution in [3.8, 4) is 0 Å². The summed E-state index contributed by atoms with van der Waals surface area (Å²) >= 11 is 0. The number of hydrogen-bond acceptors (Lipinski definition) is 2. The summed E-state index contributed by atoms with van der Waals surface area (Å²) in [7, 11) is 0. The van der Waals surface area contributed by atoms with Crippen molar-refractivity contribution in [2.45, 2.75) is 64.6 Å². The third-order valence-electron chi connectivity index (χ3n) is 3.21. The maximum absolute atomic E-state index is 9.32. The predicted octanol–water partition coefficient (Wildman–Crippen LogP) is 2.27. The number of hydrogen-bond donors (Lipinski definition) is 2.